The van der Waals surface area contributed by atoms with Gasteiger partial charge < -0.3 is 0 Å². The summed E-state index contributed by atoms with van der Waals surface area (Å²) in [5.74, 6) is 2.19. The van der Waals surface area contributed by atoms with E-state index in [0.29, 0.717) is 5.92 Å². The number of aryl methyl sites for hydroxylation is 2. The quantitative estimate of drug-likeness (QED) is 0.0604. The molecule has 0 amide bonds. The minimum atomic E-state index is 0.692. The molecular formula is C43H77N2+. The molecule has 0 saturated carbocycles. The molecule has 0 saturated heterocycles. The van der Waals surface area contributed by atoms with Crippen molar-refractivity contribution in [2.45, 2.75) is 219 Å². The van der Waals surface area contributed by atoms with E-state index in [2.05, 4.69) is 66.1 Å². The first-order valence-corrected chi connectivity index (χ1v) is 20.5. The Morgan fingerprint density at radius 1 is 0.489 bits per heavy atom. The number of unbranched alkanes of at least 4 members (excludes halogenated alkanes) is 24. The van der Waals surface area contributed by atoms with Crippen LogP contribution in [0, 0.1) is 0 Å². The van der Waals surface area contributed by atoms with Crippen LogP contribution in [0.1, 0.15) is 217 Å². The SMILES string of the molecule is CCCCCCCCCCCCCCCCCC[C@H](CCCCCCCCCCCC)c1[nH]cc[n+]1CCCc1ccccc1. The minimum absolute atomic E-state index is 0.692. The highest BCUT2D eigenvalue weighted by atomic mass is 15.1. The minimum Gasteiger partial charge on any atom is -0.247 e. The zero-order valence-electron chi connectivity index (χ0n) is 30.5. The Kier molecular flexibility index (Phi) is 26.2. The first-order chi connectivity index (χ1) is 22.3. The zero-order chi connectivity index (χ0) is 31.9. The van der Waals surface area contributed by atoms with E-state index in [0.717, 1.165) is 6.54 Å². The summed E-state index contributed by atoms with van der Waals surface area (Å²) in [7, 11) is 0. The Hall–Kier alpha value is -1.57. The average Bonchev–Trinajstić information content (AvgIpc) is 3.53. The monoisotopic (exact) mass is 622 g/mol. The van der Waals surface area contributed by atoms with E-state index in [-0.39, 0.29) is 0 Å². The van der Waals surface area contributed by atoms with Gasteiger partial charge in [-0.25, -0.2) is 9.55 Å². The molecule has 1 heterocycles. The summed E-state index contributed by atoms with van der Waals surface area (Å²) in [6.07, 6.45) is 47.0. The predicted octanol–water partition coefficient (Wildman–Crippen LogP) is 14.0. The van der Waals surface area contributed by atoms with Gasteiger partial charge in [-0.1, -0.05) is 211 Å². The van der Waals surface area contributed by atoms with Crippen LogP contribution >= 0.6 is 0 Å². The third kappa shape index (κ3) is 21.8. The number of nitrogens with one attached hydrogen (secondary N) is 1. The van der Waals surface area contributed by atoms with E-state index in [1.54, 1.807) is 0 Å². The van der Waals surface area contributed by atoms with Crippen LogP contribution in [-0.4, -0.2) is 4.98 Å². The lowest BCUT2D eigenvalue weighted by molar-refractivity contribution is -0.704. The second kappa shape index (κ2) is 29.8. The second-order valence-electron chi connectivity index (χ2n) is 14.4. The smallest absolute Gasteiger partial charge is 0.247 e. The molecule has 0 unspecified atom stereocenters. The summed E-state index contributed by atoms with van der Waals surface area (Å²) in [5.41, 5.74) is 1.46. The Morgan fingerprint density at radius 3 is 1.31 bits per heavy atom. The third-order valence-electron chi connectivity index (χ3n) is 10.2. The topological polar surface area (TPSA) is 19.7 Å². The van der Waals surface area contributed by atoms with Crippen molar-refractivity contribution in [2.75, 3.05) is 0 Å². The van der Waals surface area contributed by atoms with Gasteiger partial charge in [0.2, 0.25) is 0 Å². The average molecular weight is 622 g/mol. The summed E-state index contributed by atoms with van der Waals surface area (Å²) in [5, 5.41) is 0. The van der Waals surface area contributed by atoms with Gasteiger partial charge >= 0.3 is 0 Å². The van der Waals surface area contributed by atoms with E-state index < -0.39 is 0 Å². The highest BCUT2D eigenvalue weighted by molar-refractivity contribution is 5.14. The maximum absolute atomic E-state index is 3.71. The van der Waals surface area contributed by atoms with Gasteiger partial charge in [0.05, 0.1) is 12.5 Å². The fourth-order valence-electron chi connectivity index (χ4n) is 7.26. The second-order valence-corrected chi connectivity index (χ2v) is 14.4. The molecule has 1 aromatic heterocycles. The van der Waals surface area contributed by atoms with Crippen LogP contribution in [-0.2, 0) is 13.0 Å². The van der Waals surface area contributed by atoms with E-state index in [1.807, 2.05) is 0 Å². The van der Waals surface area contributed by atoms with Gasteiger partial charge in [0, 0.05) is 0 Å². The van der Waals surface area contributed by atoms with Crippen molar-refractivity contribution in [3.63, 3.8) is 0 Å². The maximum atomic E-state index is 3.71. The highest BCUT2D eigenvalue weighted by Gasteiger charge is 2.22. The molecule has 2 nitrogen and oxygen atoms in total. The van der Waals surface area contributed by atoms with Gasteiger partial charge in [-0.3, -0.25) is 0 Å². The standard InChI is InChI=1S/C43H76N2/c1-3-5-7-9-11-13-15-16-17-18-19-20-22-24-26-31-37-42(36-30-25-23-21-14-12-10-8-6-4-2)43-44-38-40-45(43)39-32-35-41-33-28-27-29-34-41/h27-29,33-34,38,40,42H,3-26,30-32,35-37,39H2,1-2H3/p+1/t42-/m0/s1. The normalized spacial score (nSPS) is 12.2. The summed E-state index contributed by atoms with van der Waals surface area (Å²) in [6.45, 7) is 5.75. The fraction of sp³-hybridized carbons (Fsp3) is 0.791. The summed E-state index contributed by atoms with van der Waals surface area (Å²) >= 11 is 0. The van der Waals surface area contributed by atoms with E-state index >= 15 is 0 Å². The lowest BCUT2D eigenvalue weighted by Gasteiger charge is -2.14. The molecule has 0 bridgehead atoms. The molecule has 0 fully saturated rings. The van der Waals surface area contributed by atoms with E-state index in [1.165, 1.54) is 204 Å². The molecule has 0 aliphatic rings. The van der Waals surface area contributed by atoms with Crippen LogP contribution in [0.15, 0.2) is 42.7 Å². The number of hydrogen-bond donors (Lipinski definition) is 1. The van der Waals surface area contributed by atoms with Gasteiger partial charge in [0.1, 0.15) is 12.4 Å². The first kappa shape index (κ1) is 39.6. The largest absolute Gasteiger partial charge is 0.257 e. The molecule has 2 aromatic rings. The van der Waals surface area contributed by atoms with Gasteiger partial charge in [0.15, 0.2) is 0 Å². The molecule has 0 spiro atoms. The molecule has 1 N–H and O–H groups in total. The molecule has 1 aromatic carbocycles. The van der Waals surface area contributed by atoms with Crippen LogP contribution in [0.2, 0.25) is 0 Å². The highest BCUT2D eigenvalue weighted by Crippen LogP contribution is 2.26. The summed E-state index contributed by atoms with van der Waals surface area (Å²) in [6, 6.07) is 11.0. The lowest BCUT2D eigenvalue weighted by Crippen LogP contribution is -2.37. The van der Waals surface area contributed by atoms with Crippen molar-refractivity contribution in [3.05, 3.63) is 54.1 Å². The van der Waals surface area contributed by atoms with Crippen LogP contribution < -0.4 is 4.57 Å². The number of rotatable bonds is 33. The Bertz CT molecular complexity index is 856. The first-order valence-electron chi connectivity index (χ1n) is 20.5. The molecular weight excluding hydrogens is 544 g/mol. The van der Waals surface area contributed by atoms with Crippen LogP contribution in [0.4, 0.5) is 0 Å². The van der Waals surface area contributed by atoms with Gasteiger partial charge in [0.25, 0.3) is 5.82 Å². The van der Waals surface area contributed by atoms with E-state index in [9.17, 15) is 0 Å². The van der Waals surface area contributed by atoms with Crippen molar-refractivity contribution < 1.29 is 4.57 Å². The summed E-state index contributed by atoms with van der Waals surface area (Å²) < 4.78 is 2.55. The Balaban J connectivity index is 1.62. The van der Waals surface area contributed by atoms with Crippen molar-refractivity contribution in [1.82, 2.24) is 4.98 Å². The third-order valence-corrected chi connectivity index (χ3v) is 10.2. The molecule has 0 aliphatic carbocycles. The number of nitrogens with zero attached hydrogens (tertiary/aromatic N) is 1. The Morgan fingerprint density at radius 2 is 0.889 bits per heavy atom. The molecule has 45 heavy (non-hydrogen) atoms. The van der Waals surface area contributed by atoms with Crippen molar-refractivity contribution in [3.8, 4) is 0 Å². The van der Waals surface area contributed by atoms with Crippen LogP contribution in [0.5, 0.6) is 0 Å². The number of H-pyrrole nitrogens is 1. The number of imidazole rings is 1. The van der Waals surface area contributed by atoms with Crippen molar-refractivity contribution in [1.29, 1.82) is 0 Å². The molecule has 2 rings (SSSR count). The van der Waals surface area contributed by atoms with Gasteiger partial charge in [-0.2, -0.15) is 0 Å². The van der Waals surface area contributed by atoms with Crippen molar-refractivity contribution >= 4 is 0 Å². The number of aromatic amines is 1. The number of aromatic nitrogens is 2. The van der Waals surface area contributed by atoms with Crippen LogP contribution in [0.25, 0.3) is 0 Å². The van der Waals surface area contributed by atoms with E-state index in [4.69, 9.17) is 0 Å². The molecule has 0 radical (unpaired) electrons. The van der Waals surface area contributed by atoms with Crippen LogP contribution in [0.3, 0.4) is 0 Å². The number of benzene rings is 1. The molecule has 258 valence electrons. The van der Waals surface area contributed by atoms with Gasteiger partial charge in [-0.05, 0) is 31.2 Å². The lowest BCUT2D eigenvalue weighted by atomic mass is 9.93. The fourth-order valence-corrected chi connectivity index (χ4v) is 7.26. The molecule has 0 aliphatic heterocycles. The predicted molar refractivity (Wildman–Crippen MR) is 199 cm³/mol. The maximum Gasteiger partial charge on any atom is 0.257 e. The van der Waals surface area contributed by atoms with Gasteiger partial charge in [-0.15, -0.1) is 0 Å². The molecule has 1 atom stereocenters. The Labute approximate surface area is 282 Å². The number of hydrogen-bond acceptors (Lipinski definition) is 0. The zero-order valence-corrected chi connectivity index (χ0v) is 30.5. The molecule has 2 heteroatoms. The summed E-state index contributed by atoms with van der Waals surface area (Å²) in [4.78, 5) is 3.71. The van der Waals surface area contributed by atoms with Crippen molar-refractivity contribution in [2.24, 2.45) is 0 Å².